The summed E-state index contributed by atoms with van der Waals surface area (Å²) in [7, 11) is 0. The minimum atomic E-state index is -0.855. The van der Waals surface area contributed by atoms with Crippen LogP contribution in [-0.2, 0) is 11.2 Å². The van der Waals surface area contributed by atoms with Crippen molar-refractivity contribution in [3.05, 3.63) is 11.4 Å². The second kappa shape index (κ2) is 6.54. The smallest absolute Gasteiger partial charge is 0.242 e. The minimum Gasteiger partial charge on any atom is -0.370 e. The molecule has 0 aliphatic rings. The van der Waals surface area contributed by atoms with Gasteiger partial charge in [-0.3, -0.25) is 4.79 Å². The van der Waals surface area contributed by atoms with Crippen LogP contribution in [0.4, 0.5) is 11.6 Å². The fourth-order valence-corrected chi connectivity index (χ4v) is 1.72. The molecule has 4 N–H and O–H groups in total. The summed E-state index contributed by atoms with van der Waals surface area (Å²) in [5.74, 6) is 1.80. The standard InChI is InChI=1S/C14H25N5O/c1-6-8-10-17-11(16-7-2)9(3)12(18-10)19-14(4,5)13(15)20/h6-8H2,1-5H3,(H2,15,20)(H2,16,17,18,19). The summed E-state index contributed by atoms with van der Waals surface area (Å²) in [5, 5.41) is 6.34. The van der Waals surface area contributed by atoms with Crippen LogP contribution >= 0.6 is 0 Å². The summed E-state index contributed by atoms with van der Waals surface area (Å²) in [6.07, 6.45) is 1.76. The summed E-state index contributed by atoms with van der Waals surface area (Å²) < 4.78 is 0. The van der Waals surface area contributed by atoms with E-state index in [1.54, 1.807) is 13.8 Å². The van der Waals surface area contributed by atoms with Crippen LogP contribution in [0.5, 0.6) is 0 Å². The molecule has 0 saturated heterocycles. The van der Waals surface area contributed by atoms with Crippen molar-refractivity contribution in [1.29, 1.82) is 0 Å². The number of anilines is 2. The Morgan fingerprint density at radius 3 is 2.35 bits per heavy atom. The van der Waals surface area contributed by atoms with Crippen LogP contribution < -0.4 is 16.4 Å². The number of nitrogens with two attached hydrogens (primary N) is 1. The molecule has 6 nitrogen and oxygen atoms in total. The van der Waals surface area contributed by atoms with Crippen LogP contribution in [0.25, 0.3) is 0 Å². The van der Waals surface area contributed by atoms with Crippen LogP contribution in [0.1, 0.15) is 45.5 Å². The van der Waals surface area contributed by atoms with Crippen LogP contribution in [0.2, 0.25) is 0 Å². The first-order valence-electron chi connectivity index (χ1n) is 7.01. The van der Waals surface area contributed by atoms with Crippen molar-refractivity contribution < 1.29 is 4.79 Å². The Morgan fingerprint density at radius 1 is 1.25 bits per heavy atom. The number of carbonyl (C=O) groups excluding carboxylic acids is 1. The lowest BCUT2D eigenvalue weighted by atomic mass is 10.0. The maximum absolute atomic E-state index is 11.5. The van der Waals surface area contributed by atoms with Gasteiger partial charge in [0, 0.05) is 18.5 Å². The van der Waals surface area contributed by atoms with Gasteiger partial charge in [-0.1, -0.05) is 6.92 Å². The predicted molar refractivity (Wildman–Crippen MR) is 81.8 cm³/mol. The van der Waals surface area contributed by atoms with E-state index in [2.05, 4.69) is 27.5 Å². The van der Waals surface area contributed by atoms with E-state index in [-0.39, 0.29) is 0 Å². The van der Waals surface area contributed by atoms with E-state index in [9.17, 15) is 4.79 Å². The Kier molecular flexibility index (Phi) is 5.30. The Morgan fingerprint density at radius 2 is 1.85 bits per heavy atom. The van der Waals surface area contributed by atoms with E-state index >= 15 is 0 Å². The second-order valence-corrected chi connectivity index (χ2v) is 5.36. The highest BCUT2D eigenvalue weighted by Gasteiger charge is 2.26. The van der Waals surface area contributed by atoms with Crippen LogP contribution in [0.3, 0.4) is 0 Å². The van der Waals surface area contributed by atoms with Crippen molar-refractivity contribution in [1.82, 2.24) is 9.97 Å². The van der Waals surface area contributed by atoms with Crippen LogP contribution in [0.15, 0.2) is 0 Å². The molecule has 0 bridgehead atoms. The zero-order valence-corrected chi connectivity index (χ0v) is 13.0. The molecule has 0 fully saturated rings. The van der Waals surface area contributed by atoms with Gasteiger partial charge in [0.1, 0.15) is 23.0 Å². The molecule has 1 aromatic heterocycles. The Balaban J connectivity index is 3.19. The van der Waals surface area contributed by atoms with Gasteiger partial charge in [0.15, 0.2) is 0 Å². The summed E-state index contributed by atoms with van der Waals surface area (Å²) in [4.78, 5) is 20.5. The van der Waals surface area contributed by atoms with Crippen LogP contribution in [0, 0.1) is 6.92 Å². The van der Waals surface area contributed by atoms with Gasteiger partial charge < -0.3 is 16.4 Å². The zero-order valence-electron chi connectivity index (χ0n) is 13.0. The maximum Gasteiger partial charge on any atom is 0.242 e. The van der Waals surface area contributed by atoms with Gasteiger partial charge in [-0.05, 0) is 34.1 Å². The highest BCUT2D eigenvalue weighted by atomic mass is 16.1. The fraction of sp³-hybridized carbons (Fsp3) is 0.643. The van der Waals surface area contributed by atoms with Crippen molar-refractivity contribution in [2.24, 2.45) is 5.73 Å². The number of aromatic nitrogens is 2. The molecule has 1 amide bonds. The monoisotopic (exact) mass is 279 g/mol. The molecule has 1 aromatic rings. The summed E-state index contributed by atoms with van der Waals surface area (Å²) in [6.45, 7) is 10.3. The first kappa shape index (κ1) is 16.2. The van der Waals surface area contributed by atoms with Crippen molar-refractivity contribution >= 4 is 17.5 Å². The topological polar surface area (TPSA) is 92.9 Å². The van der Waals surface area contributed by atoms with Crippen molar-refractivity contribution in [3.8, 4) is 0 Å². The number of rotatable bonds is 7. The number of nitrogens with one attached hydrogen (secondary N) is 2. The average molecular weight is 279 g/mol. The lowest BCUT2D eigenvalue weighted by Gasteiger charge is -2.25. The molecule has 0 radical (unpaired) electrons. The van der Waals surface area contributed by atoms with Crippen molar-refractivity contribution in [2.45, 2.75) is 53.0 Å². The Labute approximate surface area is 120 Å². The van der Waals surface area contributed by atoms with E-state index in [0.717, 1.165) is 36.6 Å². The number of aryl methyl sites for hydroxylation is 1. The van der Waals surface area contributed by atoms with Crippen molar-refractivity contribution in [2.75, 3.05) is 17.2 Å². The molecule has 0 aliphatic carbocycles. The van der Waals surface area contributed by atoms with Gasteiger partial charge in [0.25, 0.3) is 0 Å². The third kappa shape index (κ3) is 3.82. The molecule has 112 valence electrons. The first-order valence-corrected chi connectivity index (χ1v) is 7.01. The number of carbonyl (C=O) groups is 1. The number of amides is 1. The molecule has 0 aliphatic heterocycles. The van der Waals surface area contributed by atoms with Gasteiger partial charge in [-0.25, -0.2) is 9.97 Å². The molecule has 20 heavy (non-hydrogen) atoms. The highest BCUT2D eigenvalue weighted by molar-refractivity contribution is 5.87. The molecule has 0 spiro atoms. The van der Waals surface area contributed by atoms with Gasteiger partial charge in [0.2, 0.25) is 5.91 Å². The lowest BCUT2D eigenvalue weighted by molar-refractivity contribution is -0.121. The zero-order chi connectivity index (χ0) is 15.3. The summed E-state index contributed by atoms with van der Waals surface area (Å²) >= 11 is 0. The molecular formula is C14H25N5O. The molecular weight excluding hydrogens is 254 g/mol. The van der Waals surface area contributed by atoms with E-state index in [0.29, 0.717) is 5.82 Å². The molecule has 6 heteroatoms. The second-order valence-electron chi connectivity index (χ2n) is 5.36. The molecule has 1 rings (SSSR count). The van der Waals surface area contributed by atoms with Gasteiger partial charge in [-0.2, -0.15) is 0 Å². The largest absolute Gasteiger partial charge is 0.370 e. The van der Waals surface area contributed by atoms with E-state index < -0.39 is 11.4 Å². The molecule has 0 unspecified atom stereocenters. The molecule has 0 aromatic carbocycles. The maximum atomic E-state index is 11.5. The van der Waals surface area contributed by atoms with Gasteiger partial charge in [-0.15, -0.1) is 0 Å². The SMILES string of the molecule is CCCc1nc(NCC)c(C)c(NC(C)(C)C(N)=O)n1. The normalized spacial score (nSPS) is 11.2. The van der Waals surface area contributed by atoms with Crippen molar-refractivity contribution in [3.63, 3.8) is 0 Å². The lowest BCUT2D eigenvalue weighted by Crippen LogP contribution is -2.45. The predicted octanol–water partition coefficient (Wildman–Crippen LogP) is 1.85. The highest BCUT2D eigenvalue weighted by Crippen LogP contribution is 2.23. The third-order valence-electron chi connectivity index (χ3n) is 3.06. The number of hydrogen-bond acceptors (Lipinski definition) is 5. The summed E-state index contributed by atoms with van der Waals surface area (Å²) in [6, 6.07) is 0. The van der Waals surface area contributed by atoms with E-state index in [1.165, 1.54) is 0 Å². The minimum absolute atomic E-state index is 0.419. The molecule has 0 saturated carbocycles. The third-order valence-corrected chi connectivity index (χ3v) is 3.06. The summed E-state index contributed by atoms with van der Waals surface area (Å²) in [5.41, 5.74) is 5.44. The average Bonchev–Trinajstić information content (AvgIpc) is 2.35. The quantitative estimate of drug-likeness (QED) is 0.708. The molecule has 1 heterocycles. The van der Waals surface area contributed by atoms with E-state index in [4.69, 9.17) is 5.73 Å². The fourth-order valence-electron chi connectivity index (χ4n) is 1.72. The first-order chi connectivity index (χ1) is 9.31. The van der Waals surface area contributed by atoms with Gasteiger partial charge >= 0.3 is 0 Å². The Hall–Kier alpha value is -1.85. The Bertz CT molecular complexity index is 485. The number of nitrogens with zero attached hydrogens (tertiary/aromatic N) is 2. The molecule has 0 atom stereocenters. The van der Waals surface area contributed by atoms with Gasteiger partial charge in [0.05, 0.1) is 0 Å². The van der Waals surface area contributed by atoms with E-state index in [1.807, 2.05) is 13.8 Å². The number of hydrogen-bond donors (Lipinski definition) is 3. The van der Waals surface area contributed by atoms with Crippen LogP contribution in [-0.4, -0.2) is 28.0 Å². The number of primary amides is 1.